The van der Waals surface area contributed by atoms with Gasteiger partial charge in [-0.2, -0.15) is 0 Å². The second-order valence-corrected chi connectivity index (χ2v) is 12.2. The van der Waals surface area contributed by atoms with E-state index in [1.165, 1.54) is 16.1 Å². The molecule has 3 heterocycles. The summed E-state index contributed by atoms with van der Waals surface area (Å²) >= 11 is 1.74. The zero-order valence-electron chi connectivity index (χ0n) is 22.0. The number of aryl methyl sites for hydroxylation is 1. The van der Waals surface area contributed by atoms with Gasteiger partial charge in [-0.15, -0.1) is 11.3 Å². The summed E-state index contributed by atoms with van der Waals surface area (Å²) in [5.74, 6) is 0.921. The highest BCUT2D eigenvalue weighted by molar-refractivity contribution is 7.11. The zero-order valence-corrected chi connectivity index (χ0v) is 22.8. The van der Waals surface area contributed by atoms with Crippen LogP contribution in [0.3, 0.4) is 0 Å². The van der Waals surface area contributed by atoms with Crippen LogP contribution in [0.4, 0.5) is 5.69 Å². The highest BCUT2D eigenvalue weighted by atomic mass is 32.1. The van der Waals surface area contributed by atoms with Crippen molar-refractivity contribution in [3.8, 4) is 11.4 Å². The van der Waals surface area contributed by atoms with Gasteiger partial charge in [-0.3, -0.25) is 4.90 Å². The predicted octanol–water partition coefficient (Wildman–Crippen LogP) is 5.54. The molecule has 1 saturated heterocycles. The van der Waals surface area contributed by atoms with E-state index in [0.717, 1.165) is 65.8 Å². The molecule has 0 radical (unpaired) electrons. The number of aliphatic hydroxyl groups is 1. The number of para-hydroxylation sites is 1. The standard InChI is InChI=1S/C29H37N5OS/c1-19(35)17-26-30-20(2)25(36-26)18-33-13-15-34(16-14-33)24-8-6-7-23-27(24)32-28(31-23)21-9-11-22(12-10-21)29(3,4)5/h6-12,19,35H,13-18H2,1-5H3,(H,31,32). The quantitative estimate of drug-likeness (QED) is 0.362. The Hall–Kier alpha value is -2.74. The Morgan fingerprint density at radius 2 is 1.75 bits per heavy atom. The van der Waals surface area contributed by atoms with Gasteiger partial charge in [0.25, 0.3) is 0 Å². The number of aromatic nitrogens is 3. The van der Waals surface area contributed by atoms with Crippen LogP contribution in [0.5, 0.6) is 0 Å². The number of hydrogen-bond acceptors (Lipinski definition) is 6. The number of aromatic amines is 1. The first-order chi connectivity index (χ1) is 17.2. The second kappa shape index (κ2) is 9.96. The number of thiazole rings is 1. The van der Waals surface area contributed by atoms with E-state index in [4.69, 9.17) is 4.98 Å². The van der Waals surface area contributed by atoms with Crippen molar-refractivity contribution < 1.29 is 5.11 Å². The van der Waals surface area contributed by atoms with Crippen molar-refractivity contribution >= 4 is 28.1 Å². The van der Waals surface area contributed by atoms with Gasteiger partial charge in [-0.1, -0.05) is 51.1 Å². The predicted molar refractivity (Wildman–Crippen MR) is 150 cm³/mol. The normalized spacial score (nSPS) is 16.1. The zero-order chi connectivity index (χ0) is 25.4. The van der Waals surface area contributed by atoms with Crippen molar-refractivity contribution in [2.24, 2.45) is 0 Å². The molecule has 6 nitrogen and oxygen atoms in total. The Bertz CT molecular complexity index is 1320. The topological polar surface area (TPSA) is 68.3 Å². The van der Waals surface area contributed by atoms with Crippen LogP contribution in [0.15, 0.2) is 42.5 Å². The molecule has 0 amide bonds. The molecule has 0 spiro atoms. The number of imidazole rings is 1. The van der Waals surface area contributed by atoms with Gasteiger partial charge >= 0.3 is 0 Å². The number of anilines is 1. The van der Waals surface area contributed by atoms with Gasteiger partial charge in [0.2, 0.25) is 0 Å². The Morgan fingerprint density at radius 1 is 1.03 bits per heavy atom. The molecule has 0 aliphatic carbocycles. The van der Waals surface area contributed by atoms with Crippen LogP contribution in [0.25, 0.3) is 22.4 Å². The number of aliphatic hydroxyl groups excluding tert-OH is 1. The Kier molecular flexibility index (Phi) is 6.90. The number of fused-ring (bicyclic) bond motifs is 1. The van der Waals surface area contributed by atoms with Crippen molar-refractivity contribution in [1.82, 2.24) is 19.9 Å². The molecular weight excluding hydrogens is 466 g/mol. The lowest BCUT2D eigenvalue weighted by molar-refractivity contribution is 0.195. The minimum Gasteiger partial charge on any atom is -0.393 e. The van der Waals surface area contributed by atoms with Gasteiger partial charge in [-0.05, 0) is 37.0 Å². The van der Waals surface area contributed by atoms with Crippen molar-refractivity contribution in [2.45, 2.75) is 59.1 Å². The van der Waals surface area contributed by atoms with Crippen LogP contribution >= 0.6 is 11.3 Å². The molecule has 2 aromatic heterocycles. The lowest BCUT2D eigenvalue weighted by atomic mass is 9.87. The Balaban J connectivity index is 1.28. The Labute approximate surface area is 218 Å². The van der Waals surface area contributed by atoms with Gasteiger partial charge in [0.15, 0.2) is 0 Å². The molecule has 1 atom stereocenters. The van der Waals surface area contributed by atoms with E-state index in [1.807, 2.05) is 6.92 Å². The first-order valence-electron chi connectivity index (χ1n) is 12.9. The molecule has 1 unspecified atom stereocenters. The fraction of sp³-hybridized carbons (Fsp3) is 0.448. The fourth-order valence-corrected chi connectivity index (χ4v) is 6.09. The molecule has 1 fully saturated rings. The van der Waals surface area contributed by atoms with E-state index in [2.05, 4.69) is 89.9 Å². The van der Waals surface area contributed by atoms with E-state index in [9.17, 15) is 5.11 Å². The van der Waals surface area contributed by atoms with Crippen molar-refractivity contribution in [3.05, 3.63) is 63.6 Å². The van der Waals surface area contributed by atoms with Gasteiger partial charge in [-0.25, -0.2) is 9.97 Å². The number of nitrogens with zero attached hydrogens (tertiary/aromatic N) is 4. The van der Waals surface area contributed by atoms with Gasteiger partial charge in [0.05, 0.1) is 28.0 Å². The summed E-state index contributed by atoms with van der Waals surface area (Å²) in [5.41, 5.74) is 7.01. The Morgan fingerprint density at radius 3 is 2.42 bits per heavy atom. The summed E-state index contributed by atoms with van der Waals surface area (Å²) in [6, 6.07) is 15.2. The first-order valence-corrected chi connectivity index (χ1v) is 13.7. The van der Waals surface area contributed by atoms with Gasteiger partial charge in [0, 0.05) is 49.6 Å². The van der Waals surface area contributed by atoms with Gasteiger partial charge < -0.3 is 15.0 Å². The van der Waals surface area contributed by atoms with E-state index in [1.54, 1.807) is 11.3 Å². The molecule has 0 bridgehead atoms. The van der Waals surface area contributed by atoms with Gasteiger partial charge in [0.1, 0.15) is 11.3 Å². The number of nitrogens with one attached hydrogen (secondary N) is 1. The monoisotopic (exact) mass is 503 g/mol. The van der Waals surface area contributed by atoms with Crippen LogP contribution in [0.1, 0.15) is 48.8 Å². The molecule has 0 saturated carbocycles. The number of rotatable bonds is 6. The molecule has 4 aromatic rings. The molecule has 5 rings (SSSR count). The van der Waals surface area contributed by atoms with Crippen LogP contribution in [0.2, 0.25) is 0 Å². The molecule has 7 heteroatoms. The first kappa shape index (κ1) is 24.9. The van der Waals surface area contributed by atoms with Crippen LogP contribution in [-0.4, -0.2) is 57.2 Å². The minimum atomic E-state index is -0.347. The van der Waals surface area contributed by atoms with Crippen LogP contribution < -0.4 is 4.90 Å². The third kappa shape index (κ3) is 5.33. The lowest BCUT2D eigenvalue weighted by Crippen LogP contribution is -2.46. The number of benzene rings is 2. The summed E-state index contributed by atoms with van der Waals surface area (Å²) in [5, 5.41) is 10.7. The average molecular weight is 504 g/mol. The average Bonchev–Trinajstić information content (AvgIpc) is 3.42. The molecule has 1 aliphatic heterocycles. The highest BCUT2D eigenvalue weighted by Crippen LogP contribution is 2.31. The number of piperazine rings is 1. The molecule has 1 aliphatic rings. The maximum absolute atomic E-state index is 9.69. The summed E-state index contributed by atoms with van der Waals surface area (Å²) in [4.78, 5) is 19.5. The SMILES string of the molecule is Cc1nc(CC(C)O)sc1CN1CCN(c2cccc3[nH]c(-c4ccc(C(C)(C)C)cc4)nc23)CC1. The van der Waals surface area contributed by atoms with E-state index >= 15 is 0 Å². The molecule has 2 N–H and O–H groups in total. The number of H-pyrrole nitrogens is 1. The number of hydrogen-bond donors (Lipinski definition) is 2. The molecular formula is C29H37N5OS. The highest BCUT2D eigenvalue weighted by Gasteiger charge is 2.22. The molecule has 190 valence electrons. The summed E-state index contributed by atoms with van der Waals surface area (Å²) < 4.78 is 0. The lowest BCUT2D eigenvalue weighted by Gasteiger charge is -2.36. The third-order valence-electron chi connectivity index (χ3n) is 7.00. The largest absolute Gasteiger partial charge is 0.393 e. The van der Waals surface area contributed by atoms with Crippen molar-refractivity contribution in [2.75, 3.05) is 31.1 Å². The molecule has 36 heavy (non-hydrogen) atoms. The second-order valence-electron chi connectivity index (χ2n) is 11.0. The van der Waals surface area contributed by atoms with E-state index in [0.29, 0.717) is 6.42 Å². The van der Waals surface area contributed by atoms with Crippen LogP contribution in [-0.2, 0) is 18.4 Å². The summed E-state index contributed by atoms with van der Waals surface area (Å²) in [6.45, 7) is 15.5. The molecule has 2 aromatic carbocycles. The summed E-state index contributed by atoms with van der Waals surface area (Å²) in [6.07, 6.45) is 0.287. The maximum Gasteiger partial charge on any atom is 0.138 e. The van der Waals surface area contributed by atoms with Crippen molar-refractivity contribution in [3.63, 3.8) is 0 Å². The van der Waals surface area contributed by atoms with Crippen LogP contribution in [0, 0.1) is 6.92 Å². The fourth-order valence-electron chi connectivity index (χ4n) is 4.86. The smallest absolute Gasteiger partial charge is 0.138 e. The van der Waals surface area contributed by atoms with E-state index in [-0.39, 0.29) is 11.5 Å². The maximum atomic E-state index is 9.69. The van der Waals surface area contributed by atoms with E-state index < -0.39 is 0 Å². The summed E-state index contributed by atoms with van der Waals surface area (Å²) in [7, 11) is 0. The minimum absolute atomic E-state index is 0.140. The van der Waals surface area contributed by atoms with Crippen molar-refractivity contribution in [1.29, 1.82) is 0 Å². The third-order valence-corrected chi connectivity index (χ3v) is 8.17.